The van der Waals surface area contributed by atoms with Crippen LogP contribution in [0.4, 0.5) is 0 Å². The third-order valence-electron chi connectivity index (χ3n) is 3.54. The number of rotatable bonds is 3. The zero-order chi connectivity index (χ0) is 14.3. The molecule has 0 bridgehead atoms. The van der Waals surface area contributed by atoms with Crippen molar-refractivity contribution in [1.29, 1.82) is 0 Å². The Morgan fingerprint density at radius 1 is 1.40 bits per heavy atom. The van der Waals surface area contributed by atoms with Crippen molar-refractivity contribution in [3.63, 3.8) is 0 Å². The van der Waals surface area contributed by atoms with Crippen LogP contribution in [0, 0.1) is 13.8 Å². The monoisotopic (exact) mass is 295 g/mol. The minimum Gasteiger partial charge on any atom is -0.306 e. The molecule has 0 amide bonds. The second kappa shape index (κ2) is 4.78. The van der Waals surface area contributed by atoms with Crippen LogP contribution in [0.1, 0.15) is 23.6 Å². The van der Waals surface area contributed by atoms with E-state index in [4.69, 9.17) is 0 Å². The first-order valence-corrected chi connectivity index (χ1v) is 8.39. The van der Waals surface area contributed by atoms with Crippen LogP contribution in [-0.2, 0) is 16.4 Å². The molecular weight excluding hydrogens is 278 g/mol. The van der Waals surface area contributed by atoms with Gasteiger partial charge >= 0.3 is 0 Å². The summed E-state index contributed by atoms with van der Waals surface area (Å²) in [5.41, 5.74) is 1.93. The topological polar surface area (TPSA) is 89.2 Å². The van der Waals surface area contributed by atoms with Crippen molar-refractivity contribution in [2.75, 3.05) is 11.5 Å². The number of fused-ring (bicyclic) bond motifs is 1. The molecule has 1 fully saturated rings. The lowest BCUT2D eigenvalue weighted by Crippen LogP contribution is -2.30. The number of sulfone groups is 1. The molecule has 2 aromatic rings. The highest BCUT2D eigenvalue weighted by Gasteiger charge is 2.27. The number of aryl methyl sites for hydroxylation is 2. The van der Waals surface area contributed by atoms with Crippen LogP contribution >= 0.6 is 0 Å². The standard InChI is InChI=1S/C12H17N5O2S/c1-8-5-9(2)17-11(15-16-12(17)14-8)6-13-10-3-4-20(18,19)7-10/h5,10,13H,3-4,6-7H2,1-2H3. The molecule has 1 atom stereocenters. The maximum Gasteiger partial charge on any atom is 0.255 e. The van der Waals surface area contributed by atoms with Crippen LogP contribution in [0.25, 0.3) is 5.78 Å². The van der Waals surface area contributed by atoms with Crippen molar-refractivity contribution < 1.29 is 8.42 Å². The van der Waals surface area contributed by atoms with Crippen LogP contribution in [0.3, 0.4) is 0 Å². The Kier molecular flexibility index (Phi) is 3.21. The summed E-state index contributed by atoms with van der Waals surface area (Å²) in [5, 5.41) is 11.4. The van der Waals surface area contributed by atoms with Crippen molar-refractivity contribution >= 4 is 15.6 Å². The van der Waals surface area contributed by atoms with Gasteiger partial charge in [0.25, 0.3) is 5.78 Å². The van der Waals surface area contributed by atoms with Gasteiger partial charge in [0.15, 0.2) is 15.7 Å². The SMILES string of the molecule is Cc1cc(C)n2c(CNC3CCS(=O)(=O)C3)nnc2n1. The van der Waals surface area contributed by atoms with E-state index in [1.165, 1.54) is 0 Å². The second-order valence-corrected chi connectivity index (χ2v) is 7.50. The lowest BCUT2D eigenvalue weighted by Gasteiger charge is -2.10. The Morgan fingerprint density at radius 3 is 2.90 bits per heavy atom. The highest BCUT2D eigenvalue weighted by atomic mass is 32.2. The van der Waals surface area contributed by atoms with Gasteiger partial charge in [-0.25, -0.2) is 13.4 Å². The molecule has 3 rings (SSSR count). The quantitative estimate of drug-likeness (QED) is 0.858. The van der Waals surface area contributed by atoms with E-state index in [9.17, 15) is 8.42 Å². The Bertz CT molecular complexity index is 753. The van der Waals surface area contributed by atoms with E-state index in [1.54, 1.807) is 0 Å². The number of hydrogen-bond donors (Lipinski definition) is 1. The molecule has 1 unspecified atom stereocenters. The van der Waals surface area contributed by atoms with Crippen molar-refractivity contribution in [2.24, 2.45) is 0 Å². The van der Waals surface area contributed by atoms with Crippen LogP contribution in [-0.4, -0.2) is 45.5 Å². The number of aromatic nitrogens is 4. The van der Waals surface area contributed by atoms with Gasteiger partial charge < -0.3 is 5.32 Å². The fourth-order valence-electron chi connectivity index (χ4n) is 2.60. The predicted molar refractivity (Wildman–Crippen MR) is 74.2 cm³/mol. The molecule has 108 valence electrons. The van der Waals surface area contributed by atoms with Crippen molar-refractivity contribution in [3.05, 3.63) is 23.3 Å². The van der Waals surface area contributed by atoms with Gasteiger partial charge in [0.1, 0.15) is 0 Å². The number of nitrogens with zero attached hydrogens (tertiary/aromatic N) is 4. The van der Waals surface area contributed by atoms with Crippen LogP contribution in [0.5, 0.6) is 0 Å². The van der Waals surface area contributed by atoms with E-state index < -0.39 is 9.84 Å². The summed E-state index contributed by atoms with van der Waals surface area (Å²) < 4.78 is 24.7. The average Bonchev–Trinajstić information content (AvgIpc) is 2.90. The molecule has 0 saturated carbocycles. The molecule has 1 aliphatic rings. The Balaban J connectivity index is 1.79. The molecule has 7 nitrogen and oxygen atoms in total. The molecule has 0 spiro atoms. The molecule has 0 aliphatic carbocycles. The van der Waals surface area contributed by atoms with Crippen LogP contribution < -0.4 is 5.32 Å². The van der Waals surface area contributed by atoms with Gasteiger partial charge in [-0.15, -0.1) is 10.2 Å². The molecule has 1 saturated heterocycles. The van der Waals surface area contributed by atoms with Crippen molar-refractivity contribution in [2.45, 2.75) is 32.9 Å². The summed E-state index contributed by atoms with van der Waals surface area (Å²) in [5.74, 6) is 1.82. The van der Waals surface area contributed by atoms with Gasteiger partial charge in [0.2, 0.25) is 0 Å². The molecule has 0 radical (unpaired) electrons. The summed E-state index contributed by atoms with van der Waals surface area (Å²) in [6.07, 6.45) is 0.662. The van der Waals surface area contributed by atoms with Gasteiger partial charge in [0, 0.05) is 17.4 Å². The Hall–Kier alpha value is -1.54. The minimum absolute atomic E-state index is 0.00561. The van der Waals surface area contributed by atoms with E-state index in [-0.39, 0.29) is 17.5 Å². The van der Waals surface area contributed by atoms with Gasteiger partial charge in [-0.05, 0) is 26.3 Å². The predicted octanol–water partition coefficient (Wildman–Crippen LogP) is 0.0178. The first-order chi connectivity index (χ1) is 9.44. The molecule has 1 aliphatic heterocycles. The lowest BCUT2D eigenvalue weighted by atomic mass is 10.2. The maximum absolute atomic E-state index is 11.4. The third-order valence-corrected chi connectivity index (χ3v) is 5.31. The smallest absolute Gasteiger partial charge is 0.255 e. The molecule has 20 heavy (non-hydrogen) atoms. The summed E-state index contributed by atoms with van der Waals surface area (Å²) in [4.78, 5) is 4.33. The second-order valence-electron chi connectivity index (χ2n) is 5.27. The molecule has 2 aromatic heterocycles. The molecule has 0 aromatic carbocycles. The molecule has 3 heterocycles. The van der Waals surface area contributed by atoms with Crippen LogP contribution in [0.2, 0.25) is 0 Å². The molecule has 8 heteroatoms. The van der Waals surface area contributed by atoms with E-state index in [2.05, 4.69) is 20.5 Å². The number of hydrogen-bond acceptors (Lipinski definition) is 6. The summed E-state index contributed by atoms with van der Waals surface area (Å²) in [6, 6.07) is 1.98. The Labute approximate surface area is 117 Å². The first-order valence-electron chi connectivity index (χ1n) is 6.57. The lowest BCUT2D eigenvalue weighted by molar-refractivity contribution is 0.539. The normalized spacial score (nSPS) is 21.6. The van der Waals surface area contributed by atoms with Crippen LogP contribution in [0.15, 0.2) is 6.07 Å². The van der Waals surface area contributed by atoms with Crippen molar-refractivity contribution in [1.82, 2.24) is 24.9 Å². The van der Waals surface area contributed by atoms with E-state index in [1.807, 2.05) is 24.3 Å². The van der Waals surface area contributed by atoms with Gasteiger partial charge in [-0.1, -0.05) is 0 Å². The summed E-state index contributed by atoms with van der Waals surface area (Å²) in [6.45, 7) is 4.39. The molecular formula is C12H17N5O2S. The maximum atomic E-state index is 11.4. The first kappa shape index (κ1) is 13.4. The minimum atomic E-state index is -2.86. The van der Waals surface area contributed by atoms with Crippen molar-refractivity contribution in [3.8, 4) is 0 Å². The summed E-state index contributed by atoms with van der Waals surface area (Å²) >= 11 is 0. The highest BCUT2D eigenvalue weighted by molar-refractivity contribution is 7.91. The van der Waals surface area contributed by atoms with E-state index in [0.717, 1.165) is 17.2 Å². The van der Waals surface area contributed by atoms with E-state index >= 15 is 0 Å². The zero-order valence-electron chi connectivity index (χ0n) is 11.5. The highest BCUT2D eigenvalue weighted by Crippen LogP contribution is 2.13. The molecule has 1 N–H and O–H groups in total. The summed E-state index contributed by atoms with van der Waals surface area (Å²) in [7, 11) is -2.86. The fourth-order valence-corrected chi connectivity index (χ4v) is 4.31. The average molecular weight is 295 g/mol. The zero-order valence-corrected chi connectivity index (χ0v) is 12.3. The third kappa shape index (κ3) is 2.53. The largest absolute Gasteiger partial charge is 0.306 e. The van der Waals surface area contributed by atoms with Gasteiger partial charge in [0.05, 0.1) is 18.1 Å². The Morgan fingerprint density at radius 2 is 2.20 bits per heavy atom. The van der Waals surface area contributed by atoms with Gasteiger partial charge in [-0.2, -0.15) is 0 Å². The number of nitrogens with one attached hydrogen (secondary N) is 1. The fraction of sp³-hybridized carbons (Fsp3) is 0.583. The van der Waals surface area contributed by atoms with Gasteiger partial charge in [-0.3, -0.25) is 4.40 Å². The van der Waals surface area contributed by atoms with E-state index in [0.29, 0.717) is 18.7 Å².